The van der Waals surface area contributed by atoms with Gasteiger partial charge in [0.2, 0.25) is 5.91 Å². The van der Waals surface area contributed by atoms with Crippen LogP contribution in [-0.4, -0.2) is 43.8 Å². The number of halogens is 1. The molecule has 5 aromatic rings. The van der Waals surface area contributed by atoms with Crippen molar-refractivity contribution in [3.63, 3.8) is 0 Å². The van der Waals surface area contributed by atoms with E-state index in [-0.39, 0.29) is 29.4 Å². The van der Waals surface area contributed by atoms with Crippen LogP contribution < -0.4 is 19.5 Å². The van der Waals surface area contributed by atoms with Crippen molar-refractivity contribution >= 4 is 27.5 Å². The molecule has 246 valence electrons. The van der Waals surface area contributed by atoms with Gasteiger partial charge in [0.1, 0.15) is 23.4 Å². The fourth-order valence-electron chi connectivity index (χ4n) is 4.82. The third-order valence-electron chi connectivity index (χ3n) is 7.29. The number of anilines is 1. The Morgan fingerprint density at radius 1 is 0.833 bits per heavy atom. The molecule has 1 atom stereocenters. The lowest BCUT2D eigenvalue weighted by molar-refractivity contribution is -0.143. The Morgan fingerprint density at radius 2 is 1.52 bits per heavy atom. The Bertz CT molecular complexity index is 1910. The average Bonchev–Trinajstić information content (AvgIpc) is 3.11. The highest BCUT2D eigenvalue weighted by molar-refractivity contribution is 7.92. The molecule has 12 heteroatoms. The average molecular weight is 669 g/mol. The topological polar surface area (TPSA) is 127 Å². The van der Waals surface area contributed by atoms with Gasteiger partial charge in [-0.05, 0) is 83.4 Å². The van der Waals surface area contributed by atoms with Crippen molar-refractivity contribution < 1.29 is 31.9 Å². The van der Waals surface area contributed by atoms with Crippen molar-refractivity contribution in [2.75, 3.05) is 18.4 Å². The summed E-state index contributed by atoms with van der Waals surface area (Å²) >= 11 is 0. The number of methoxy groups -OCH3 is 1. The van der Waals surface area contributed by atoms with Crippen molar-refractivity contribution in [2.24, 2.45) is 0 Å². The molecule has 0 unspecified atom stereocenters. The molecule has 4 aromatic carbocycles. The SMILES string of the molecule is COc1ccc(CN(C(=O)COc2ccc(S(=O)(=O)Nc3ccc(F)cc3)cc2)[C@H](C(=O)NCc2cccnc2)c2ccccc2)cc1. The number of carbonyl (C=O) groups excluding carboxylic acids is 2. The van der Waals surface area contributed by atoms with Crippen LogP contribution in [0.15, 0.2) is 133 Å². The van der Waals surface area contributed by atoms with E-state index in [2.05, 4.69) is 15.0 Å². The molecule has 0 spiro atoms. The Hall–Kier alpha value is -5.75. The number of sulfonamides is 1. The number of nitrogens with one attached hydrogen (secondary N) is 2. The minimum atomic E-state index is -3.96. The predicted octanol–water partition coefficient (Wildman–Crippen LogP) is 5.50. The molecule has 1 aromatic heterocycles. The number of ether oxygens (including phenoxy) is 2. The maximum absolute atomic E-state index is 13.9. The van der Waals surface area contributed by atoms with Gasteiger partial charge in [0.25, 0.3) is 15.9 Å². The molecular weight excluding hydrogens is 635 g/mol. The monoisotopic (exact) mass is 668 g/mol. The summed E-state index contributed by atoms with van der Waals surface area (Å²) in [7, 11) is -2.41. The van der Waals surface area contributed by atoms with E-state index >= 15 is 0 Å². The Balaban J connectivity index is 1.36. The molecule has 5 rings (SSSR count). The molecule has 48 heavy (non-hydrogen) atoms. The van der Waals surface area contributed by atoms with Crippen LogP contribution in [0.2, 0.25) is 0 Å². The van der Waals surface area contributed by atoms with Gasteiger partial charge in [0, 0.05) is 31.2 Å². The lowest BCUT2D eigenvalue weighted by Crippen LogP contribution is -2.45. The minimum absolute atomic E-state index is 0.0546. The fraction of sp³-hybridized carbons (Fsp3) is 0.139. The number of nitrogens with zero attached hydrogens (tertiary/aromatic N) is 2. The van der Waals surface area contributed by atoms with Gasteiger partial charge in [-0.3, -0.25) is 19.3 Å². The summed E-state index contributed by atoms with van der Waals surface area (Å²) < 4.78 is 52.4. The van der Waals surface area contributed by atoms with Crippen LogP contribution >= 0.6 is 0 Å². The standard InChI is InChI=1S/C36H33FN4O6S/c1-46-31-15-9-26(10-16-31)24-41(35(28-7-3-2-4-8-28)36(43)39-23-27-6-5-21-38-22-27)34(42)25-47-32-17-19-33(20-18-32)48(44,45)40-30-13-11-29(37)12-14-30/h2-22,35,40H,23-25H2,1H3,(H,39,43)/t35-/m0/s1. The van der Waals surface area contributed by atoms with Gasteiger partial charge < -0.3 is 19.7 Å². The highest BCUT2D eigenvalue weighted by atomic mass is 32.2. The van der Waals surface area contributed by atoms with Crippen LogP contribution in [0.5, 0.6) is 11.5 Å². The van der Waals surface area contributed by atoms with Crippen molar-refractivity contribution in [2.45, 2.75) is 24.0 Å². The molecule has 0 aliphatic rings. The predicted molar refractivity (Wildman–Crippen MR) is 178 cm³/mol. The number of carbonyl (C=O) groups is 2. The number of hydrogen-bond donors (Lipinski definition) is 2. The fourth-order valence-corrected chi connectivity index (χ4v) is 5.88. The van der Waals surface area contributed by atoms with Crippen molar-refractivity contribution in [3.05, 3.63) is 150 Å². The van der Waals surface area contributed by atoms with Gasteiger partial charge >= 0.3 is 0 Å². The number of benzene rings is 4. The normalized spacial score (nSPS) is 11.6. The summed E-state index contributed by atoms with van der Waals surface area (Å²) in [5.41, 5.74) is 2.36. The van der Waals surface area contributed by atoms with E-state index in [4.69, 9.17) is 9.47 Å². The maximum Gasteiger partial charge on any atom is 0.261 e. The Labute approximate surface area is 278 Å². The van der Waals surface area contributed by atoms with Gasteiger partial charge in [0.15, 0.2) is 6.61 Å². The van der Waals surface area contributed by atoms with Crippen LogP contribution in [-0.2, 0) is 32.7 Å². The van der Waals surface area contributed by atoms with E-state index in [9.17, 15) is 22.4 Å². The summed E-state index contributed by atoms with van der Waals surface area (Å²) in [6.07, 6.45) is 3.30. The highest BCUT2D eigenvalue weighted by Gasteiger charge is 2.32. The van der Waals surface area contributed by atoms with Crippen molar-refractivity contribution in [1.29, 1.82) is 0 Å². The van der Waals surface area contributed by atoms with E-state index < -0.39 is 40.3 Å². The first-order valence-corrected chi connectivity index (χ1v) is 16.4. The largest absolute Gasteiger partial charge is 0.497 e. The maximum atomic E-state index is 13.9. The molecule has 1 heterocycles. The van der Waals surface area contributed by atoms with E-state index in [0.717, 1.165) is 23.3 Å². The molecule has 0 saturated carbocycles. The lowest BCUT2D eigenvalue weighted by Gasteiger charge is -2.31. The molecule has 0 bridgehead atoms. The lowest BCUT2D eigenvalue weighted by atomic mass is 10.0. The molecule has 10 nitrogen and oxygen atoms in total. The Morgan fingerprint density at radius 3 is 2.17 bits per heavy atom. The van der Waals surface area contributed by atoms with Gasteiger partial charge in [-0.1, -0.05) is 48.5 Å². The second-order valence-corrected chi connectivity index (χ2v) is 12.3. The molecule has 0 aliphatic carbocycles. The highest BCUT2D eigenvalue weighted by Crippen LogP contribution is 2.26. The smallest absolute Gasteiger partial charge is 0.261 e. The molecule has 0 radical (unpaired) electrons. The quantitative estimate of drug-likeness (QED) is 0.160. The minimum Gasteiger partial charge on any atom is -0.497 e. The molecule has 0 saturated heterocycles. The third-order valence-corrected chi connectivity index (χ3v) is 8.69. The van der Waals surface area contributed by atoms with Crippen molar-refractivity contribution in [1.82, 2.24) is 15.2 Å². The molecule has 0 aliphatic heterocycles. The van der Waals surface area contributed by atoms with Crippen LogP contribution in [0.25, 0.3) is 0 Å². The summed E-state index contributed by atoms with van der Waals surface area (Å²) in [6, 6.07) is 29.2. The summed E-state index contributed by atoms with van der Waals surface area (Å²) in [5.74, 6) is -0.476. The third kappa shape index (κ3) is 8.95. The second kappa shape index (κ2) is 15.7. The van der Waals surface area contributed by atoms with Gasteiger partial charge in [-0.25, -0.2) is 12.8 Å². The number of hydrogen-bond acceptors (Lipinski definition) is 7. The first kappa shape index (κ1) is 33.6. The molecule has 2 amide bonds. The van der Waals surface area contributed by atoms with Crippen molar-refractivity contribution in [3.8, 4) is 11.5 Å². The summed E-state index contributed by atoms with van der Waals surface area (Å²) in [5, 5.41) is 2.94. The number of amides is 2. The summed E-state index contributed by atoms with van der Waals surface area (Å²) in [6.45, 7) is -0.143. The van der Waals surface area contributed by atoms with Gasteiger partial charge in [-0.2, -0.15) is 0 Å². The number of pyridine rings is 1. The molecule has 2 N–H and O–H groups in total. The number of aromatic nitrogens is 1. The first-order chi connectivity index (χ1) is 23.2. The summed E-state index contributed by atoms with van der Waals surface area (Å²) in [4.78, 5) is 33.3. The second-order valence-electron chi connectivity index (χ2n) is 10.6. The molecule has 0 fully saturated rings. The van der Waals surface area contributed by atoms with E-state index in [0.29, 0.717) is 11.3 Å². The zero-order valence-electron chi connectivity index (χ0n) is 26.0. The van der Waals surface area contributed by atoms with Crippen LogP contribution in [0.1, 0.15) is 22.7 Å². The number of rotatable bonds is 14. The van der Waals surface area contributed by atoms with E-state index in [1.807, 2.05) is 24.3 Å². The molecular formula is C36H33FN4O6S. The van der Waals surface area contributed by atoms with Crippen LogP contribution in [0.4, 0.5) is 10.1 Å². The van der Waals surface area contributed by atoms with E-state index in [1.165, 1.54) is 41.3 Å². The zero-order valence-corrected chi connectivity index (χ0v) is 26.8. The Kier molecular flexibility index (Phi) is 11.0. The van der Waals surface area contributed by atoms with Crippen LogP contribution in [0, 0.1) is 5.82 Å². The van der Waals surface area contributed by atoms with Crippen LogP contribution in [0.3, 0.4) is 0 Å². The van der Waals surface area contributed by atoms with Gasteiger partial charge in [-0.15, -0.1) is 0 Å². The zero-order chi connectivity index (χ0) is 33.9. The first-order valence-electron chi connectivity index (χ1n) is 14.9. The van der Waals surface area contributed by atoms with Gasteiger partial charge in [0.05, 0.1) is 12.0 Å². The van der Waals surface area contributed by atoms with E-state index in [1.54, 1.807) is 62.0 Å².